The van der Waals surface area contributed by atoms with Gasteiger partial charge in [0.25, 0.3) is 11.1 Å². The summed E-state index contributed by atoms with van der Waals surface area (Å²) in [5.74, 6) is -1.26. The SMILES string of the molecule is C[C@H](OC(=O)Cc1coc2cc(O)ccc12)C(=O)NCCN1C(=O)CSC1=O. The fourth-order valence-electron chi connectivity index (χ4n) is 2.69. The lowest BCUT2D eigenvalue weighted by molar-refractivity contribution is -0.154. The minimum Gasteiger partial charge on any atom is -0.508 e. The van der Waals surface area contributed by atoms with Gasteiger partial charge in [-0.1, -0.05) is 11.8 Å². The van der Waals surface area contributed by atoms with E-state index in [1.165, 1.54) is 25.3 Å². The highest BCUT2D eigenvalue weighted by Crippen LogP contribution is 2.25. The number of amides is 3. The molecule has 0 saturated carbocycles. The molecule has 0 radical (unpaired) electrons. The molecule has 28 heavy (non-hydrogen) atoms. The second-order valence-electron chi connectivity index (χ2n) is 6.14. The molecule has 3 rings (SSSR count). The lowest BCUT2D eigenvalue weighted by atomic mass is 10.1. The Hall–Kier alpha value is -3.01. The van der Waals surface area contributed by atoms with Gasteiger partial charge in [0.05, 0.1) is 18.4 Å². The number of hydrogen-bond acceptors (Lipinski definition) is 8. The van der Waals surface area contributed by atoms with E-state index in [1.54, 1.807) is 6.07 Å². The molecule has 1 aliphatic rings. The zero-order chi connectivity index (χ0) is 20.3. The number of hydrogen-bond donors (Lipinski definition) is 2. The molecular weight excluding hydrogens is 388 g/mol. The van der Waals surface area contributed by atoms with Crippen molar-refractivity contribution in [3.63, 3.8) is 0 Å². The molecule has 1 aliphatic heterocycles. The first-order valence-electron chi connectivity index (χ1n) is 8.48. The van der Waals surface area contributed by atoms with Crippen LogP contribution in [0.15, 0.2) is 28.9 Å². The molecule has 0 unspecified atom stereocenters. The normalized spacial score (nSPS) is 15.1. The van der Waals surface area contributed by atoms with Gasteiger partial charge in [0.15, 0.2) is 6.10 Å². The van der Waals surface area contributed by atoms with E-state index in [1.807, 2.05) is 0 Å². The number of nitrogens with zero attached hydrogens (tertiary/aromatic N) is 1. The van der Waals surface area contributed by atoms with Gasteiger partial charge in [-0.25, -0.2) is 0 Å². The van der Waals surface area contributed by atoms with Gasteiger partial charge >= 0.3 is 5.97 Å². The number of aromatic hydroxyl groups is 1. The number of furan rings is 1. The van der Waals surface area contributed by atoms with Crippen molar-refractivity contribution in [3.8, 4) is 5.75 Å². The zero-order valence-electron chi connectivity index (χ0n) is 15.0. The predicted octanol–water partition coefficient (Wildman–Crippen LogP) is 1.42. The van der Waals surface area contributed by atoms with E-state index in [9.17, 15) is 24.3 Å². The highest BCUT2D eigenvalue weighted by atomic mass is 32.2. The fourth-order valence-corrected chi connectivity index (χ4v) is 3.44. The van der Waals surface area contributed by atoms with E-state index in [4.69, 9.17) is 9.15 Å². The van der Waals surface area contributed by atoms with Gasteiger partial charge < -0.3 is 19.6 Å². The molecule has 1 aromatic heterocycles. The predicted molar refractivity (Wildman–Crippen MR) is 99.7 cm³/mol. The van der Waals surface area contributed by atoms with Crippen LogP contribution >= 0.6 is 11.8 Å². The summed E-state index contributed by atoms with van der Waals surface area (Å²) < 4.78 is 10.4. The van der Waals surface area contributed by atoms with Crippen molar-refractivity contribution in [1.29, 1.82) is 0 Å². The van der Waals surface area contributed by atoms with E-state index < -0.39 is 18.0 Å². The van der Waals surface area contributed by atoms with Crippen molar-refractivity contribution >= 4 is 45.8 Å². The van der Waals surface area contributed by atoms with Crippen molar-refractivity contribution in [2.75, 3.05) is 18.8 Å². The summed E-state index contributed by atoms with van der Waals surface area (Å²) in [4.78, 5) is 48.2. The summed E-state index contributed by atoms with van der Waals surface area (Å²) in [5.41, 5.74) is 1.02. The Morgan fingerprint density at radius 1 is 1.39 bits per heavy atom. The van der Waals surface area contributed by atoms with Crippen molar-refractivity contribution in [2.45, 2.75) is 19.4 Å². The molecular formula is C18H18N2O7S. The molecule has 1 saturated heterocycles. The van der Waals surface area contributed by atoms with Crippen molar-refractivity contribution in [1.82, 2.24) is 10.2 Å². The van der Waals surface area contributed by atoms with Crippen molar-refractivity contribution in [2.24, 2.45) is 0 Å². The van der Waals surface area contributed by atoms with Crippen LogP contribution in [0.3, 0.4) is 0 Å². The lowest BCUT2D eigenvalue weighted by Gasteiger charge is -2.16. The smallest absolute Gasteiger partial charge is 0.311 e. The van der Waals surface area contributed by atoms with E-state index in [0.717, 1.165) is 16.7 Å². The number of benzene rings is 1. The summed E-state index contributed by atoms with van der Waals surface area (Å²) in [7, 11) is 0. The van der Waals surface area contributed by atoms with Crippen molar-refractivity contribution < 1.29 is 33.4 Å². The Morgan fingerprint density at radius 3 is 2.89 bits per heavy atom. The maximum absolute atomic E-state index is 12.1. The maximum Gasteiger partial charge on any atom is 0.311 e. The van der Waals surface area contributed by atoms with Crippen LogP contribution in [0.25, 0.3) is 11.0 Å². The van der Waals surface area contributed by atoms with Gasteiger partial charge in [0.1, 0.15) is 11.3 Å². The number of nitrogens with one attached hydrogen (secondary N) is 1. The molecule has 10 heteroatoms. The number of thioether (sulfide) groups is 1. The van der Waals surface area contributed by atoms with Gasteiger partial charge in [-0.3, -0.25) is 24.1 Å². The molecule has 3 amide bonds. The molecule has 1 atom stereocenters. The number of phenols is 1. The average Bonchev–Trinajstić information content (AvgIpc) is 3.18. The highest BCUT2D eigenvalue weighted by Gasteiger charge is 2.29. The van der Waals surface area contributed by atoms with Gasteiger partial charge in [0, 0.05) is 30.1 Å². The number of carbonyl (C=O) groups is 4. The number of carbonyl (C=O) groups excluding carboxylic acids is 4. The quantitative estimate of drug-likeness (QED) is 0.661. The number of ether oxygens (including phenoxy) is 1. The standard InChI is InChI=1S/C18H18N2O7S/c1-10(17(24)19-4-5-20-15(22)9-28-18(20)25)27-16(23)6-11-8-26-14-7-12(21)2-3-13(11)14/h2-3,7-8,10,21H,4-6,9H2,1H3,(H,19,24)/t10-/m0/s1. The molecule has 2 heterocycles. The summed E-state index contributed by atoms with van der Waals surface area (Å²) in [6, 6.07) is 4.55. The minimum absolute atomic E-state index is 0.0530. The number of rotatable bonds is 7. The van der Waals surface area contributed by atoms with Crippen LogP contribution in [-0.4, -0.2) is 58.0 Å². The van der Waals surface area contributed by atoms with Crippen molar-refractivity contribution in [3.05, 3.63) is 30.0 Å². The lowest BCUT2D eigenvalue weighted by Crippen LogP contribution is -2.41. The molecule has 1 fully saturated rings. The Kier molecular flexibility index (Phi) is 5.88. The molecule has 2 aromatic rings. The van der Waals surface area contributed by atoms with E-state index in [0.29, 0.717) is 16.5 Å². The van der Waals surface area contributed by atoms with Gasteiger partial charge in [-0.2, -0.15) is 0 Å². The molecule has 9 nitrogen and oxygen atoms in total. The van der Waals surface area contributed by atoms with Gasteiger partial charge in [-0.15, -0.1) is 0 Å². The Morgan fingerprint density at radius 2 is 2.18 bits per heavy atom. The van der Waals surface area contributed by atoms with Crippen LogP contribution in [0.2, 0.25) is 0 Å². The molecule has 0 aliphatic carbocycles. The van der Waals surface area contributed by atoms with Gasteiger partial charge in [-0.05, 0) is 19.1 Å². The minimum atomic E-state index is -1.03. The van der Waals surface area contributed by atoms with E-state index in [-0.39, 0.29) is 42.2 Å². The van der Waals surface area contributed by atoms with E-state index >= 15 is 0 Å². The molecule has 0 spiro atoms. The maximum atomic E-state index is 12.1. The van der Waals surface area contributed by atoms with Crippen LogP contribution in [0.1, 0.15) is 12.5 Å². The van der Waals surface area contributed by atoms with Crippen LogP contribution in [0, 0.1) is 0 Å². The van der Waals surface area contributed by atoms with E-state index in [2.05, 4.69) is 5.32 Å². The molecule has 2 N–H and O–H groups in total. The largest absolute Gasteiger partial charge is 0.508 e. The first-order valence-corrected chi connectivity index (χ1v) is 9.47. The third kappa shape index (κ3) is 4.45. The van der Waals surface area contributed by atoms with Crippen LogP contribution in [-0.2, 0) is 25.5 Å². The third-order valence-corrected chi connectivity index (χ3v) is 4.99. The summed E-state index contributed by atoms with van der Waals surface area (Å²) in [6.45, 7) is 1.58. The second kappa shape index (κ2) is 8.34. The molecule has 1 aromatic carbocycles. The first-order chi connectivity index (χ1) is 13.3. The molecule has 148 valence electrons. The summed E-state index contributed by atoms with van der Waals surface area (Å²) >= 11 is 0.924. The topological polar surface area (TPSA) is 126 Å². The van der Waals surface area contributed by atoms with Crippen LogP contribution in [0.4, 0.5) is 4.79 Å². The highest BCUT2D eigenvalue weighted by molar-refractivity contribution is 8.14. The Labute approximate surface area is 164 Å². The number of esters is 1. The number of imide groups is 1. The zero-order valence-corrected chi connectivity index (χ0v) is 15.8. The van der Waals surface area contributed by atoms with Crippen LogP contribution < -0.4 is 5.32 Å². The van der Waals surface area contributed by atoms with Crippen LogP contribution in [0.5, 0.6) is 5.75 Å². The molecule has 0 bridgehead atoms. The Balaban J connectivity index is 1.47. The monoisotopic (exact) mass is 406 g/mol. The summed E-state index contributed by atoms with van der Waals surface area (Å²) in [5, 5.41) is 12.3. The Bertz CT molecular complexity index is 923. The van der Waals surface area contributed by atoms with Gasteiger partial charge in [0.2, 0.25) is 5.91 Å². The average molecular weight is 406 g/mol. The fraction of sp³-hybridized carbons (Fsp3) is 0.333. The third-order valence-electron chi connectivity index (χ3n) is 4.13. The first kappa shape index (κ1) is 19.7. The number of fused-ring (bicyclic) bond motifs is 1. The number of phenolic OH excluding ortho intramolecular Hbond substituents is 1. The second-order valence-corrected chi connectivity index (χ2v) is 7.07. The summed E-state index contributed by atoms with van der Waals surface area (Å²) in [6.07, 6.45) is 0.274.